The molecule has 0 amide bonds. The maximum absolute atomic E-state index is 6.33. The van der Waals surface area contributed by atoms with Crippen molar-refractivity contribution in [3.63, 3.8) is 0 Å². The van der Waals surface area contributed by atoms with Crippen LogP contribution in [0.4, 0.5) is 0 Å². The molecule has 1 aromatic rings. The lowest BCUT2D eigenvalue weighted by atomic mass is 9.82. The topological polar surface area (TPSA) is 52.0 Å². The van der Waals surface area contributed by atoms with Gasteiger partial charge < -0.3 is 11.5 Å². The van der Waals surface area contributed by atoms with Crippen LogP contribution >= 0.6 is 0 Å². The number of hydrogen-bond acceptors (Lipinski definition) is 2. The summed E-state index contributed by atoms with van der Waals surface area (Å²) in [5, 5.41) is 0. The SMILES string of the molecule is CC(C)(CN)CC(N)c1ccc2c(c1)CCCC2. The normalized spacial score (nSPS) is 17.3. The van der Waals surface area contributed by atoms with E-state index in [2.05, 4.69) is 32.0 Å². The highest BCUT2D eigenvalue weighted by atomic mass is 14.7. The second-order valence-electron chi connectivity index (χ2n) is 6.41. The Hall–Kier alpha value is -0.860. The largest absolute Gasteiger partial charge is 0.330 e. The van der Waals surface area contributed by atoms with E-state index in [4.69, 9.17) is 11.5 Å². The van der Waals surface area contributed by atoms with Crippen molar-refractivity contribution in [2.45, 2.75) is 52.0 Å². The zero-order valence-electron chi connectivity index (χ0n) is 11.7. The summed E-state index contributed by atoms with van der Waals surface area (Å²) in [5.41, 5.74) is 16.6. The van der Waals surface area contributed by atoms with Crippen molar-refractivity contribution >= 4 is 0 Å². The summed E-state index contributed by atoms with van der Waals surface area (Å²) in [5.74, 6) is 0. The Morgan fingerprint density at radius 3 is 2.50 bits per heavy atom. The Kier molecular flexibility index (Phi) is 4.08. The first-order chi connectivity index (χ1) is 8.52. The van der Waals surface area contributed by atoms with Crippen LogP contribution in [0.1, 0.15) is 55.8 Å². The Morgan fingerprint density at radius 1 is 1.17 bits per heavy atom. The Balaban J connectivity index is 2.13. The summed E-state index contributed by atoms with van der Waals surface area (Å²) in [6, 6.07) is 6.92. The fourth-order valence-electron chi connectivity index (χ4n) is 2.78. The molecule has 2 rings (SSSR count). The molecule has 1 atom stereocenters. The molecule has 2 heteroatoms. The van der Waals surface area contributed by atoms with Gasteiger partial charge in [-0.3, -0.25) is 0 Å². The highest BCUT2D eigenvalue weighted by molar-refractivity contribution is 5.35. The summed E-state index contributed by atoms with van der Waals surface area (Å²) in [7, 11) is 0. The van der Waals surface area contributed by atoms with Gasteiger partial charge in [0.05, 0.1) is 0 Å². The molecule has 0 saturated heterocycles. The number of aryl methyl sites for hydroxylation is 2. The first-order valence-electron chi connectivity index (χ1n) is 7.09. The summed E-state index contributed by atoms with van der Waals surface area (Å²) in [6.07, 6.45) is 6.05. The van der Waals surface area contributed by atoms with Gasteiger partial charge in [0.25, 0.3) is 0 Å². The van der Waals surface area contributed by atoms with Crippen LogP contribution < -0.4 is 11.5 Å². The number of rotatable bonds is 4. The average Bonchev–Trinajstić information content (AvgIpc) is 2.37. The zero-order valence-corrected chi connectivity index (χ0v) is 11.7. The molecule has 18 heavy (non-hydrogen) atoms. The quantitative estimate of drug-likeness (QED) is 0.858. The third kappa shape index (κ3) is 3.12. The second-order valence-corrected chi connectivity index (χ2v) is 6.41. The summed E-state index contributed by atoms with van der Waals surface area (Å²) >= 11 is 0. The highest BCUT2D eigenvalue weighted by Gasteiger charge is 2.21. The van der Waals surface area contributed by atoms with Crippen molar-refractivity contribution in [1.82, 2.24) is 0 Å². The van der Waals surface area contributed by atoms with E-state index in [9.17, 15) is 0 Å². The van der Waals surface area contributed by atoms with E-state index in [0.29, 0.717) is 6.54 Å². The smallest absolute Gasteiger partial charge is 0.0300 e. The Bertz CT molecular complexity index is 410. The van der Waals surface area contributed by atoms with Crippen LogP contribution in [0.3, 0.4) is 0 Å². The minimum atomic E-state index is 0.107. The standard InChI is InChI=1S/C16H26N2/c1-16(2,11-17)10-15(18)14-8-7-12-5-3-4-6-13(12)9-14/h7-9,15H,3-6,10-11,17-18H2,1-2H3. The predicted octanol–water partition coefficient (Wildman–Crippen LogP) is 2.94. The molecular weight excluding hydrogens is 220 g/mol. The van der Waals surface area contributed by atoms with E-state index in [1.165, 1.54) is 42.4 Å². The summed E-state index contributed by atoms with van der Waals surface area (Å²) in [4.78, 5) is 0. The van der Waals surface area contributed by atoms with Gasteiger partial charge in [-0.2, -0.15) is 0 Å². The highest BCUT2D eigenvalue weighted by Crippen LogP contribution is 2.30. The minimum absolute atomic E-state index is 0.107. The minimum Gasteiger partial charge on any atom is -0.330 e. The van der Waals surface area contributed by atoms with E-state index in [0.717, 1.165) is 6.42 Å². The van der Waals surface area contributed by atoms with E-state index in [1.807, 2.05) is 0 Å². The molecule has 100 valence electrons. The molecule has 1 aliphatic rings. The van der Waals surface area contributed by atoms with Crippen LogP contribution in [0.25, 0.3) is 0 Å². The number of nitrogens with two attached hydrogens (primary N) is 2. The molecule has 0 heterocycles. The van der Waals surface area contributed by atoms with Crippen molar-refractivity contribution in [3.8, 4) is 0 Å². The molecule has 0 radical (unpaired) electrons. The van der Waals surface area contributed by atoms with E-state index in [-0.39, 0.29) is 11.5 Å². The molecule has 1 unspecified atom stereocenters. The molecule has 4 N–H and O–H groups in total. The number of hydrogen-bond donors (Lipinski definition) is 2. The Morgan fingerprint density at radius 2 is 1.83 bits per heavy atom. The monoisotopic (exact) mass is 246 g/mol. The maximum atomic E-state index is 6.33. The molecule has 0 fully saturated rings. The van der Waals surface area contributed by atoms with E-state index >= 15 is 0 Å². The van der Waals surface area contributed by atoms with Crippen LogP contribution in [0, 0.1) is 5.41 Å². The summed E-state index contributed by atoms with van der Waals surface area (Å²) < 4.78 is 0. The van der Waals surface area contributed by atoms with Gasteiger partial charge in [-0.15, -0.1) is 0 Å². The van der Waals surface area contributed by atoms with E-state index in [1.54, 1.807) is 0 Å². The third-order valence-corrected chi connectivity index (χ3v) is 4.13. The molecule has 0 aromatic heterocycles. The fourth-order valence-corrected chi connectivity index (χ4v) is 2.78. The van der Waals surface area contributed by atoms with Gasteiger partial charge in [0.2, 0.25) is 0 Å². The molecule has 0 saturated carbocycles. The Labute approximate surface area is 111 Å². The van der Waals surface area contributed by atoms with Gasteiger partial charge in [-0.25, -0.2) is 0 Å². The van der Waals surface area contributed by atoms with Gasteiger partial charge in [-0.1, -0.05) is 32.0 Å². The van der Waals surface area contributed by atoms with E-state index < -0.39 is 0 Å². The van der Waals surface area contributed by atoms with Crippen LogP contribution in [0.5, 0.6) is 0 Å². The molecule has 1 aliphatic carbocycles. The lowest BCUT2D eigenvalue weighted by Crippen LogP contribution is -2.28. The predicted molar refractivity (Wildman–Crippen MR) is 77.5 cm³/mol. The van der Waals surface area contributed by atoms with Crippen molar-refractivity contribution in [2.24, 2.45) is 16.9 Å². The number of fused-ring (bicyclic) bond motifs is 1. The molecule has 0 bridgehead atoms. The lowest BCUT2D eigenvalue weighted by Gasteiger charge is -2.27. The first kappa shape index (κ1) is 13.6. The van der Waals surface area contributed by atoms with Gasteiger partial charge >= 0.3 is 0 Å². The van der Waals surface area contributed by atoms with Crippen LogP contribution in [-0.4, -0.2) is 6.54 Å². The van der Waals surface area contributed by atoms with Crippen molar-refractivity contribution < 1.29 is 0 Å². The van der Waals surface area contributed by atoms with Gasteiger partial charge in [-0.05, 0) is 60.8 Å². The molecule has 0 spiro atoms. The zero-order chi connectivity index (χ0) is 13.2. The fraction of sp³-hybridized carbons (Fsp3) is 0.625. The molecule has 0 aliphatic heterocycles. The number of benzene rings is 1. The van der Waals surface area contributed by atoms with Gasteiger partial charge in [0.15, 0.2) is 0 Å². The first-order valence-corrected chi connectivity index (χ1v) is 7.09. The molecular formula is C16H26N2. The second kappa shape index (κ2) is 5.41. The lowest BCUT2D eigenvalue weighted by molar-refractivity contribution is 0.317. The molecule has 2 nitrogen and oxygen atoms in total. The average molecular weight is 246 g/mol. The maximum Gasteiger partial charge on any atom is 0.0300 e. The van der Waals surface area contributed by atoms with Crippen LogP contribution in [0.2, 0.25) is 0 Å². The molecule has 1 aromatic carbocycles. The van der Waals surface area contributed by atoms with Crippen molar-refractivity contribution in [3.05, 3.63) is 34.9 Å². The van der Waals surface area contributed by atoms with Crippen molar-refractivity contribution in [1.29, 1.82) is 0 Å². The van der Waals surface area contributed by atoms with Gasteiger partial charge in [0.1, 0.15) is 0 Å². The third-order valence-electron chi connectivity index (χ3n) is 4.13. The van der Waals surface area contributed by atoms with Crippen molar-refractivity contribution in [2.75, 3.05) is 6.54 Å². The van der Waals surface area contributed by atoms with Gasteiger partial charge in [0, 0.05) is 6.04 Å². The summed E-state index contributed by atoms with van der Waals surface area (Å²) in [6.45, 7) is 5.06. The van der Waals surface area contributed by atoms with Crippen LogP contribution in [-0.2, 0) is 12.8 Å². The van der Waals surface area contributed by atoms with Crippen LogP contribution in [0.15, 0.2) is 18.2 Å².